The predicted molar refractivity (Wildman–Crippen MR) is 112 cm³/mol. The Hall–Kier alpha value is -2.49. The Labute approximate surface area is 168 Å². The zero-order valence-electron chi connectivity index (χ0n) is 17.5. The number of carbonyl (C=O) groups excluding carboxylic acids is 1. The molecule has 0 saturated heterocycles. The highest BCUT2D eigenvalue weighted by molar-refractivity contribution is 5.81. The quantitative estimate of drug-likeness (QED) is 0.741. The summed E-state index contributed by atoms with van der Waals surface area (Å²) in [5.41, 5.74) is 3.15. The van der Waals surface area contributed by atoms with Crippen LogP contribution in [0.1, 0.15) is 62.8 Å². The smallest absolute Gasteiger partial charge is 0.261 e. The number of aryl methyl sites for hydroxylation is 2. The standard InChI is InChI=1S/C24H31NO3/c1-6-24(7-2)15-21(20-10-8-9-11-22(20)28-24)25-23(26)18(5)27-19-13-12-16(3)17(4)14-19/h8-14,18,21H,6-7,15H2,1-5H3,(H,25,26)/t18-,21+/m0/s1. The van der Waals surface area contributed by atoms with Crippen LogP contribution >= 0.6 is 0 Å². The first-order valence-electron chi connectivity index (χ1n) is 10.2. The molecule has 0 bridgehead atoms. The molecule has 0 aliphatic carbocycles. The van der Waals surface area contributed by atoms with Gasteiger partial charge in [-0.2, -0.15) is 0 Å². The van der Waals surface area contributed by atoms with Gasteiger partial charge in [-0.1, -0.05) is 38.1 Å². The fourth-order valence-corrected chi connectivity index (χ4v) is 3.76. The van der Waals surface area contributed by atoms with E-state index in [1.807, 2.05) is 49.4 Å². The highest BCUT2D eigenvalue weighted by atomic mass is 16.5. The van der Waals surface area contributed by atoms with E-state index in [4.69, 9.17) is 9.47 Å². The van der Waals surface area contributed by atoms with Crippen molar-refractivity contribution >= 4 is 5.91 Å². The number of carbonyl (C=O) groups is 1. The molecule has 2 aromatic rings. The number of para-hydroxylation sites is 1. The van der Waals surface area contributed by atoms with Crippen molar-refractivity contribution in [2.45, 2.75) is 71.6 Å². The summed E-state index contributed by atoms with van der Waals surface area (Å²) in [5, 5.41) is 3.20. The lowest BCUT2D eigenvalue weighted by atomic mass is 9.83. The SMILES string of the molecule is CCC1(CC)C[C@@H](NC(=O)[C@H](C)Oc2ccc(C)c(C)c2)c2ccccc2O1. The Morgan fingerprint density at radius 1 is 1.18 bits per heavy atom. The highest BCUT2D eigenvalue weighted by Crippen LogP contribution is 2.42. The first-order valence-corrected chi connectivity index (χ1v) is 10.2. The molecule has 150 valence electrons. The van der Waals surface area contributed by atoms with E-state index in [1.54, 1.807) is 6.92 Å². The molecule has 4 nitrogen and oxygen atoms in total. The summed E-state index contributed by atoms with van der Waals surface area (Å²) in [4.78, 5) is 12.9. The lowest BCUT2D eigenvalue weighted by Gasteiger charge is -2.41. The van der Waals surface area contributed by atoms with Gasteiger partial charge >= 0.3 is 0 Å². The van der Waals surface area contributed by atoms with Crippen LogP contribution in [0.25, 0.3) is 0 Å². The molecular formula is C24H31NO3. The first-order chi connectivity index (χ1) is 13.4. The molecule has 4 heteroatoms. The van der Waals surface area contributed by atoms with E-state index in [0.29, 0.717) is 0 Å². The maximum Gasteiger partial charge on any atom is 0.261 e. The van der Waals surface area contributed by atoms with Crippen LogP contribution < -0.4 is 14.8 Å². The molecule has 1 heterocycles. The number of nitrogens with one attached hydrogen (secondary N) is 1. The number of benzene rings is 2. The fraction of sp³-hybridized carbons (Fsp3) is 0.458. The van der Waals surface area contributed by atoms with Crippen molar-refractivity contribution < 1.29 is 14.3 Å². The molecule has 1 N–H and O–H groups in total. The zero-order chi connectivity index (χ0) is 20.3. The number of ether oxygens (including phenoxy) is 2. The monoisotopic (exact) mass is 381 g/mol. The van der Waals surface area contributed by atoms with Crippen LogP contribution in [0.15, 0.2) is 42.5 Å². The van der Waals surface area contributed by atoms with Crippen molar-refractivity contribution in [1.82, 2.24) is 5.32 Å². The van der Waals surface area contributed by atoms with Crippen LogP contribution in [0.3, 0.4) is 0 Å². The average molecular weight is 382 g/mol. The van der Waals surface area contributed by atoms with Gasteiger partial charge in [-0.3, -0.25) is 4.79 Å². The van der Waals surface area contributed by atoms with Gasteiger partial charge in [-0.05, 0) is 62.9 Å². The molecule has 1 amide bonds. The molecule has 2 atom stereocenters. The second kappa shape index (κ2) is 8.26. The van der Waals surface area contributed by atoms with Crippen LogP contribution in [0.5, 0.6) is 11.5 Å². The van der Waals surface area contributed by atoms with Crippen molar-refractivity contribution in [2.75, 3.05) is 0 Å². The summed E-state index contributed by atoms with van der Waals surface area (Å²) in [6, 6.07) is 13.8. The average Bonchev–Trinajstić information content (AvgIpc) is 2.70. The summed E-state index contributed by atoms with van der Waals surface area (Å²) in [5.74, 6) is 1.47. The summed E-state index contributed by atoms with van der Waals surface area (Å²) >= 11 is 0. The number of hydrogen-bond donors (Lipinski definition) is 1. The van der Waals surface area contributed by atoms with Crippen molar-refractivity contribution in [1.29, 1.82) is 0 Å². The number of hydrogen-bond acceptors (Lipinski definition) is 3. The predicted octanol–water partition coefficient (Wildman–Crippen LogP) is 5.27. The third-order valence-electron chi connectivity index (χ3n) is 5.96. The topological polar surface area (TPSA) is 47.6 Å². The van der Waals surface area contributed by atoms with Gasteiger partial charge in [-0.25, -0.2) is 0 Å². The van der Waals surface area contributed by atoms with Gasteiger partial charge in [0.15, 0.2) is 6.10 Å². The molecule has 0 aromatic heterocycles. The second-order valence-corrected chi connectivity index (χ2v) is 7.80. The third-order valence-corrected chi connectivity index (χ3v) is 5.96. The minimum Gasteiger partial charge on any atom is -0.487 e. The lowest BCUT2D eigenvalue weighted by Crippen LogP contribution is -2.46. The summed E-state index contributed by atoms with van der Waals surface area (Å²) in [6.07, 6.45) is 1.99. The number of fused-ring (bicyclic) bond motifs is 1. The van der Waals surface area contributed by atoms with Gasteiger partial charge in [0.05, 0.1) is 6.04 Å². The minimum absolute atomic E-state index is 0.0804. The molecule has 1 aliphatic heterocycles. The maximum atomic E-state index is 12.9. The van der Waals surface area contributed by atoms with E-state index in [1.165, 1.54) is 5.56 Å². The molecule has 0 saturated carbocycles. The van der Waals surface area contributed by atoms with E-state index in [-0.39, 0.29) is 17.6 Å². The molecular weight excluding hydrogens is 350 g/mol. The van der Waals surface area contributed by atoms with Crippen LogP contribution in [0.4, 0.5) is 0 Å². The molecule has 0 unspecified atom stereocenters. The largest absolute Gasteiger partial charge is 0.487 e. The van der Waals surface area contributed by atoms with Gasteiger partial charge < -0.3 is 14.8 Å². The normalized spacial score (nSPS) is 18.5. The Morgan fingerprint density at radius 3 is 2.57 bits per heavy atom. The van der Waals surface area contributed by atoms with Crippen molar-refractivity contribution in [2.24, 2.45) is 0 Å². The Bertz CT molecular complexity index is 841. The van der Waals surface area contributed by atoms with E-state index < -0.39 is 6.10 Å². The van der Waals surface area contributed by atoms with Crippen LogP contribution in [0.2, 0.25) is 0 Å². The lowest BCUT2D eigenvalue weighted by molar-refractivity contribution is -0.128. The van der Waals surface area contributed by atoms with Gasteiger partial charge in [0.1, 0.15) is 17.1 Å². The van der Waals surface area contributed by atoms with Gasteiger partial charge in [0.2, 0.25) is 0 Å². The number of rotatable bonds is 6. The van der Waals surface area contributed by atoms with E-state index in [0.717, 1.165) is 41.9 Å². The number of amides is 1. The van der Waals surface area contributed by atoms with Crippen LogP contribution in [0, 0.1) is 13.8 Å². The molecule has 3 rings (SSSR count). The molecule has 0 spiro atoms. The minimum atomic E-state index is -0.574. The fourth-order valence-electron chi connectivity index (χ4n) is 3.76. The van der Waals surface area contributed by atoms with E-state index >= 15 is 0 Å². The molecule has 1 aliphatic rings. The Balaban J connectivity index is 1.75. The second-order valence-electron chi connectivity index (χ2n) is 7.80. The summed E-state index contributed by atoms with van der Waals surface area (Å²) in [7, 11) is 0. The van der Waals surface area contributed by atoms with Gasteiger partial charge in [0.25, 0.3) is 5.91 Å². The molecule has 0 fully saturated rings. The van der Waals surface area contributed by atoms with E-state index in [9.17, 15) is 4.79 Å². The van der Waals surface area contributed by atoms with Gasteiger partial charge in [0, 0.05) is 12.0 Å². The third kappa shape index (κ3) is 4.16. The van der Waals surface area contributed by atoms with Crippen LogP contribution in [-0.2, 0) is 4.79 Å². The van der Waals surface area contributed by atoms with Crippen molar-refractivity contribution in [3.05, 3.63) is 59.2 Å². The summed E-state index contributed by atoms with van der Waals surface area (Å²) < 4.78 is 12.2. The maximum absolute atomic E-state index is 12.9. The zero-order valence-corrected chi connectivity index (χ0v) is 17.5. The first kappa shape index (κ1) is 20.2. The van der Waals surface area contributed by atoms with Gasteiger partial charge in [-0.15, -0.1) is 0 Å². The van der Waals surface area contributed by atoms with Crippen molar-refractivity contribution in [3.8, 4) is 11.5 Å². The van der Waals surface area contributed by atoms with E-state index in [2.05, 4.69) is 26.1 Å². The van der Waals surface area contributed by atoms with Crippen LogP contribution in [-0.4, -0.2) is 17.6 Å². The molecule has 28 heavy (non-hydrogen) atoms. The van der Waals surface area contributed by atoms with Crippen molar-refractivity contribution in [3.63, 3.8) is 0 Å². The highest BCUT2D eigenvalue weighted by Gasteiger charge is 2.39. The molecule has 0 radical (unpaired) electrons. The summed E-state index contributed by atoms with van der Waals surface area (Å²) in [6.45, 7) is 10.2. The Morgan fingerprint density at radius 2 is 1.89 bits per heavy atom. The molecule has 2 aromatic carbocycles. The Kier molecular flexibility index (Phi) is 5.97.